The molecule has 0 aliphatic carbocycles. The number of halogens is 1. The van der Waals surface area contributed by atoms with Crippen LogP contribution in [0.25, 0.3) is 0 Å². The first-order valence-corrected chi connectivity index (χ1v) is 6.95. The Morgan fingerprint density at radius 1 is 1.22 bits per heavy atom. The molecule has 2 nitrogen and oxygen atoms in total. The van der Waals surface area contributed by atoms with Gasteiger partial charge in [-0.15, -0.1) is 0 Å². The third kappa shape index (κ3) is 1.66. The van der Waals surface area contributed by atoms with Gasteiger partial charge in [0, 0.05) is 16.3 Å². The van der Waals surface area contributed by atoms with E-state index in [0.29, 0.717) is 21.9 Å². The molecule has 2 aromatic rings. The lowest BCUT2D eigenvalue weighted by molar-refractivity contribution is 0.679. The molecule has 3 rings (SSSR count). The van der Waals surface area contributed by atoms with Gasteiger partial charge < -0.3 is 0 Å². The second-order valence-corrected chi connectivity index (χ2v) is 5.95. The lowest BCUT2D eigenvalue weighted by Gasteiger charge is -2.20. The first kappa shape index (κ1) is 11.5. The molecule has 88 valence electrons. The summed E-state index contributed by atoms with van der Waals surface area (Å²) in [4.78, 5) is 1.48. The standard InChI is InChI=1S/C14H8ClNOS/c15-11-5-10(8-16)12-6-9-3-1-2-4-13(9)18(17)14(12)7-11/h1-5,7H,6H2. The van der Waals surface area contributed by atoms with Crippen molar-refractivity contribution in [3.63, 3.8) is 0 Å². The minimum absolute atomic E-state index is 0.457. The molecule has 0 fully saturated rings. The van der Waals surface area contributed by atoms with Gasteiger partial charge in [-0.3, -0.25) is 0 Å². The lowest BCUT2D eigenvalue weighted by Crippen LogP contribution is -2.10. The second-order valence-electron chi connectivity index (χ2n) is 4.10. The highest BCUT2D eigenvalue weighted by Gasteiger charge is 2.24. The molecule has 0 saturated heterocycles. The van der Waals surface area contributed by atoms with E-state index in [1.54, 1.807) is 12.1 Å². The fourth-order valence-electron chi connectivity index (χ4n) is 2.20. The van der Waals surface area contributed by atoms with Gasteiger partial charge in [-0.05, 0) is 29.3 Å². The third-order valence-corrected chi connectivity index (χ3v) is 4.81. The van der Waals surface area contributed by atoms with Crippen LogP contribution in [0.15, 0.2) is 46.2 Å². The fraction of sp³-hybridized carbons (Fsp3) is 0.0714. The van der Waals surface area contributed by atoms with Gasteiger partial charge in [0.15, 0.2) is 0 Å². The van der Waals surface area contributed by atoms with Crippen molar-refractivity contribution in [3.05, 3.63) is 58.1 Å². The Kier molecular flexibility index (Phi) is 2.70. The molecular weight excluding hydrogens is 266 g/mol. The quantitative estimate of drug-likeness (QED) is 0.631. The van der Waals surface area contributed by atoms with Crippen LogP contribution in [-0.2, 0) is 17.2 Å². The minimum Gasteiger partial charge on any atom is -0.249 e. The van der Waals surface area contributed by atoms with Crippen LogP contribution < -0.4 is 0 Å². The normalized spacial score (nSPS) is 16.6. The molecule has 1 heterocycles. The van der Waals surface area contributed by atoms with Crippen molar-refractivity contribution >= 4 is 22.4 Å². The summed E-state index contributed by atoms with van der Waals surface area (Å²) in [6.07, 6.45) is 0.636. The van der Waals surface area contributed by atoms with Crippen LogP contribution in [0, 0.1) is 11.3 Å². The molecule has 18 heavy (non-hydrogen) atoms. The van der Waals surface area contributed by atoms with Gasteiger partial charge in [0.2, 0.25) is 0 Å². The monoisotopic (exact) mass is 273 g/mol. The van der Waals surface area contributed by atoms with Crippen molar-refractivity contribution in [1.29, 1.82) is 5.26 Å². The first-order valence-electron chi connectivity index (χ1n) is 5.43. The van der Waals surface area contributed by atoms with Gasteiger partial charge in [0.05, 0.1) is 27.3 Å². The maximum atomic E-state index is 12.5. The Bertz CT molecular complexity index is 718. The zero-order valence-corrected chi connectivity index (χ0v) is 10.9. The van der Waals surface area contributed by atoms with E-state index in [9.17, 15) is 4.21 Å². The highest BCUT2D eigenvalue weighted by atomic mass is 35.5. The largest absolute Gasteiger partial charge is 0.249 e. The predicted octanol–water partition coefficient (Wildman–Crippen LogP) is 3.28. The maximum absolute atomic E-state index is 12.5. The summed E-state index contributed by atoms with van der Waals surface area (Å²) in [6.45, 7) is 0. The lowest BCUT2D eigenvalue weighted by atomic mass is 10.00. The maximum Gasteiger partial charge on any atom is 0.0995 e. The SMILES string of the molecule is N#Cc1cc(Cl)cc2c1Cc1ccccc1S2=O. The van der Waals surface area contributed by atoms with E-state index in [1.165, 1.54) is 0 Å². The molecule has 4 heteroatoms. The minimum atomic E-state index is -1.25. The van der Waals surface area contributed by atoms with Gasteiger partial charge in [-0.25, -0.2) is 4.21 Å². The number of nitrogens with zero attached hydrogens (tertiary/aromatic N) is 1. The van der Waals surface area contributed by atoms with Crippen LogP contribution in [0.4, 0.5) is 0 Å². The van der Waals surface area contributed by atoms with Crippen molar-refractivity contribution < 1.29 is 4.21 Å². The molecule has 1 aliphatic rings. The summed E-state index contributed by atoms with van der Waals surface area (Å²) in [5.41, 5.74) is 2.36. The molecule has 1 atom stereocenters. The molecule has 0 radical (unpaired) electrons. The van der Waals surface area contributed by atoms with Gasteiger partial charge >= 0.3 is 0 Å². The average Bonchev–Trinajstić information content (AvgIpc) is 2.39. The van der Waals surface area contributed by atoms with Crippen molar-refractivity contribution in [1.82, 2.24) is 0 Å². The first-order chi connectivity index (χ1) is 8.70. The van der Waals surface area contributed by atoms with Gasteiger partial charge in [-0.1, -0.05) is 29.8 Å². The van der Waals surface area contributed by atoms with E-state index in [-0.39, 0.29) is 0 Å². The molecule has 0 bridgehead atoms. The number of benzene rings is 2. The van der Waals surface area contributed by atoms with Crippen molar-refractivity contribution in [2.24, 2.45) is 0 Å². The molecule has 0 amide bonds. The smallest absolute Gasteiger partial charge is 0.0995 e. The molecular formula is C14H8ClNOS. The number of hydrogen-bond donors (Lipinski definition) is 0. The number of rotatable bonds is 0. The van der Waals surface area contributed by atoms with Crippen LogP contribution in [0.5, 0.6) is 0 Å². The van der Waals surface area contributed by atoms with Gasteiger partial charge in [0.25, 0.3) is 0 Å². The molecule has 0 spiro atoms. The van der Waals surface area contributed by atoms with Crippen molar-refractivity contribution in [2.45, 2.75) is 16.2 Å². The van der Waals surface area contributed by atoms with Gasteiger partial charge in [-0.2, -0.15) is 5.26 Å². The highest BCUT2D eigenvalue weighted by Crippen LogP contribution is 2.34. The summed E-state index contributed by atoms with van der Waals surface area (Å²) in [6, 6.07) is 13.1. The van der Waals surface area contributed by atoms with Crippen molar-refractivity contribution in [3.8, 4) is 6.07 Å². The fourth-order valence-corrected chi connectivity index (χ4v) is 3.94. The molecule has 1 aliphatic heterocycles. The van der Waals surface area contributed by atoms with Crippen LogP contribution in [0.1, 0.15) is 16.7 Å². The molecule has 2 aromatic carbocycles. The number of hydrogen-bond acceptors (Lipinski definition) is 2. The van der Waals surface area contributed by atoms with Crippen LogP contribution in [0.2, 0.25) is 5.02 Å². The van der Waals surface area contributed by atoms with E-state index in [0.717, 1.165) is 16.0 Å². The molecule has 1 unspecified atom stereocenters. The average molecular weight is 274 g/mol. The van der Waals surface area contributed by atoms with E-state index in [4.69, 9.17) is 16.9 Å². The Morgan fingerprint density at radius 3 is 2.78 bits per heavy atom. The van der Waals surface area contributed by atoms with E-state index in [1.807, 2.05) is 24.3 Å². The molecule has 0 N–H and O–H groups in total. The zero-order chi connectivity index (χ0) is 12.7. The van der Waals surface area contributed by atoms with Crippen molar-refractivity contribution in [2.75, 3.05) is 0 Å². The Balaban J connectivity index is 2.29. The molecule has 0 aromatic heterocycles. The summed E-state index contributed by atoms with van der Waals surface area (Å²) < 4.78 is 12.5. The van der Waals surface area contributed by atoms with Crippen LogP contribution in [0.3, 0.4) is 0 Å². The summed E-state index contributed by atoms with van der Waals surface area (Å²) >= 11 is 5.97. The summed E-state index contributed by atoms with van der Waals surface area (Å²) in [5.74, 6) is 0. The summed E-state index contributed by atoms with van der Waals surface area (Å²) in [5, 5.41) is 9.60. The van der Waals surface area contributed by atoms with Crippen LogP contribution in [-0.4, -0.2) is 4.21 Å². The second kappa shape index (κ2) is 4.24. The van der Waals surface area contributed by atoms with Crippen LogP contribution >= 0.6 is 11.6 Å². The Labute approximate surface area is 112 Å². The third-order valence-electron chi connectivity index (χ3n) is 3.03. The van der Waals surface area contributed by atoms with E-state index >= 15 is 0 Å². The Hall–Kier alpha value is -1.63. The Morgan fingerprint density at radius 2 is 2.00 bits per heavy atom. The summed E-state index contributed by atoms with van der Waals surface area (Å²) in [7, 11) is -1.25. The highest BCUT2D eigenvalue weighted by molar-refractivity contribution is 7.85. The van der Waals surface area contributed by atoms with E-state index < -0.39 is 10.8 Å². The number of nitriles is 1. The van der Waals surface area contributed by atoms with Gasteiger partial charge in [0.1, 0.15) is 0 Å². The molecule has 0 saturated carbocycles. The number of fused-ring (bicyclic) bond motifs is 2. The topological polar surface area (TPSA) is 40.9 Å². The van der Waals surface area contributed by atoms with E-state index in [2.05, 4.69) is 6.07 Å². The zero-order valence-electron chi connectivity index (χ0n) is 9.31. The predicted molar refractivity (Wildman–Crippen MR) is 70.1 cm³/mol.